The van der Waals surface area contributed by atoms with Gasteiger partial charge in [-0.15, -0.1) is 11.3 Å². The summed E-state index contributed by atoms with van der Waals surface area (Å²) in [5.41, 5.74) is 1.36. The highest BCUT2D eigenvalue weighted by Gasteiger charge is 2.16. The van der Waals surface area contributed by atoms with Crippen LogP contribution >= 0.6 is 22.7 Å². The number of hydrogen-bond donors (Lipinski definition) is 1. The quantitative estimate of drug-likeness (QED) is 0.367. The van der Waals surface area contributed by atoms with Crippen LogP contribution in [0.15, 0.2) is 46.5 Å². The number of thiophene rings is 1. The van der Waals surface area contributed by atoms with Gasteiger partial charge in [-0.2, -0.15) is 11.3 Å². The molecule has 3 rings (SSSR count). The van der Waals surface area contributed by atoms with E-state index in [1.807, 2.05) is 16.8 Å². The average molecular weight is 403 g/mol. The van der Waals surface area contributed by atoms with Crippen molar-refractivity contribution in [3.8, 4) is 10.6 Å². The van der Waals surface area contributed by atoms with Crippen LogP contribution in [0.1, 0.15) is 5.69 Å². The molecule has 0 unspecified atom stereocenters. The third-order valence-corrected chi connectivity index (χ3v) is 5.01. The number of esters is 1. The highest BCUT2D eigenvalue weighted by molar-refractivity contribution is 7.14. The molecule has 0 atom stereocenters. The van der Waals surface area contributed by atoms with Crippen LogP contribution < -0.4 is 5.32 Å². The Labute approximate surface area is 161 Å². The van der Waals surface area contributed by atoms with E-state index in [-0.39, 0.29) is 17.8 Å². The number of thiazole rings is 1. The van der Waals surface area contributed by atoms with Crippen molar-refractivity contribution < 1.29 is 19.2 Å². The lowest BCUT2D eigenvalue weighted by molar-refractivity contribution is -0.383. The fraction of sp³-hybridized carbons (Fsp3) is 0.118. The topological polar surface area (TPSA) is 111 Å². The molecule has 1 N–H and O–H groups in total. The molecule has 0 spiro atoms. The largest absolute Gasteiger partial charge is 0.455 e. The van der Waals surface area contributed by atoms with E-state index in [0.717, 1.165) is 10.6 Å². The monoisotopic (exact) mass is 403 g/mol. The highest BCUT2D eigenvalue weighted by atomic mass is 32.1. The van der Waals surface area contributed by atoms with E-state index in [2.05, 4.69) is 10.3 Å². The number of carbonyl (C=O) groups excluding carboxylic acids is 2. The second-order valence-corrected chi connectivity index (χ2v) is 6.95. The van der Waals surface area contributed by atoms with Crippen molar-refractivity contribution >= 4 is 45.9 Å². The Morgan fingerprint density at radius 3 is 2.78 bits per heavy atom. The predicted molar refractivity (Wildman–Crippen MR) is 102 cm³/mol. The minimum atomic E-state index is -0.658. The molecule has 1 amide bonds. The number of anilines is 1. The molecule has 8 nitrogen and oxygen atoms in total. The van der Waals surface area contributed by atoms with Gasteiger partial charge in [0, 0.05) is 22.4 Å². The fourth-order valence-electron chi connectivity index (χ4n) is 2.18. The lowest BCUT2D eigenvalue weighted by Gasteiger charge is -2.06. The highest BCUT2D eigenvalue weighted by Crippen LogP contribution is 2.26. The second-order valence-electron chi connectivity index (χ2n) is 5.32. The molecule has 10 heteroatoms. The van der Waals surface area contributed by atoms with E-state index < -0.39 is 23.4 Å². The molecular formula is C17H13N3O5S2. The SMILES string of the molecule is O=C(COC(=O)Cc1csc(-c2ccsc2)n1)Nc1ccccc1[N+](=O)[O-]. The van der Waals surface area contributed by atoms with Crippen LogP contribution in [0, 0.1) is 10.1 Å². The molecule has 0 aliphatic rings. The van der Waals surface area contributed by atoms with Gasteiger partial charge in [-0.3, -0.25) is 19.7 Å². The van der Waals surface area contributed by atoms with Gasteiger partial charge in [-0.05, 0) is 17.5 Å². The summed E-state index contributed by atoms with van der Waals surface area (Å²) in [6.45, 7) is -0.535. The molecule has 0 aliphatic carbocycles. The first-order chi connectivity index (χ1) is 13.0. The number of ether oxygens (including phenoxy) is 1. The van der Waals surface area contributed by atoms with Crippen LogP contribution in [0.4, 0.5) is 11.4 Å². The first-order valence-corrected chi connectivity index (χ1v) is 9.51. The van der Waals surface area contributed by atoms with Crippen LogP contribution in [0.2, 0.25) is 0 Å². The number of nitrogens with zero attached hydrogens (tertiary/aromatic N) is 2. The Balaban J connectivity index is 1.51. The van der Waals surface area contributed by atoms with E-state index in [1.165, 1.54) is 29.5 Å². The predicted octanol–water partition coefficient (Wildman–Crippen LogP) is 3.50. The van der Waals surface area contributed by atoms with Crippen LogP contribution in [0.3, 0.4) is 0 Å². The molecule has 27 heavy (non-hydrogen) atoms. The Kier molecular flexibility index (Phi) is 5.89. The van der Waals surface area contributed by atoms with Crippen molar-refractivity contribution in [1.82, 2.24) is 4.98 Å². The number of rotatable bonds is 7. The summed E-state index contributed by atoms with van der Waals surface area (Å²) < 4.78 is 4.93. The zero-order chi connectivity index (χ0) is 19.2. The summed E-state index contributed by atoms with van der Waals surface area (Å²) in [6.07, 6.45) is -0.0561. The summed E-state index contributed by atoms with van der Waals surface area (Å²) in [7, 11) is 0. The zero-order valence-corrected chi connectivity index (χ0v) is 15.4. The van der Waals surface area contributed by atoms with Gasteiger partial charge in [0.1, 0.15) is 10.7 Å². The van der Waals surface area contributed by atoms with Crippen LogP contribution in [-0.2, 0) is 20.7 Å². The molecule has 0 radical (unpaired) electrons. The lowest BCUT2D eigenvalue weighted by atomic mass is 10.2. The van der Waals surface area contributed by atoms with Gasteiger partial charge in [-0.1, -0.05) is 12.1 Å². The molecule has 0 fully saturated rings. The van der Waals surface area contributed by atoms with Crippen molar-refractivity contribution in [3.05, 3.63) is 62.3 Å². The average Bonchev–Trinajstić information content (AvgIpc) is 3.32. The van der Waals surface area contributed by atoms with Gasteiger partial charge in [0.25, 0.3) is 11.6 Å². The third-order valence-electron chi connectivity index (χ3n) is 3.38. The Morgan fingerprint density at radius 2 is 2.04 bits per heavy atom. The molecular weight excluding hydrogens is 390 g/mol. The van der Waals surface area contributed by atoms with Crippen molar-refractivity contribution in [1.29, 1.82) is 0 Å². The van der Waals surface area contributed by atoms with E-state index in [1.54, 1.807) is 22.8 Å². The molecule has 1 aromatic carbocycles. The molecule has 0 saturated heterocycles. The van der Waals surface area contributed by atoms with E-state index in [9.17, 15) is 19.7 Å². The molecule has 138 valence electrons. The molecule has 2 heterocycles. The molecule has 0 bridgehead atoms. The smallest absolute Gasteiger partial charge is 0.312 e. The van der Waals surface area contributed by atoms with Gasteiger partial charge < -0.3 is 10.1 Å². The van der Waals surface area contributed by atoms with Gasteiger partial charge >= 0.3 is 5.97 Å². The third kappa shape index (κ3) is 4.96. The number of amides is 1. The van der Waals surface area contributed by atoms with Crippen LogP contribution in [0.5, 0.6) is 0 Å². The molecule has 3 aromatic rings. The Hall–Kier alpha value is -3.11. The summed E-state index contributed by atoms with van der Waals surface area (Å²) in [5, 5.41) is 19.8. The van der Waals surface area contributed by atoms with Crippen LogP contribution in [0.25, 0.3) is 10.6 Å². The molecule has 0 saturated carbocycles. The van der Waals surface area contributed by atoms with Crippen molar-refractivity contribution in [2.45, 2.75) is 6.42 Å². The summed E-state index contributed by atoms with van der Waals surface area (Å²) in [4.78, 5) is 38.5. The number of hydrogen-bond acceptors (Lipinski definition) is 8. The zero-order valence-electron chi connectivity index (χ0n) is 13.8. The number of aromatic nitrogens is 1. The van der Waals surface area contributed by atoms with E-state index >= 15 is 0 Å². The summed E-state index contributed by atoms with van der Waals surface area (Å²) >= 11 is 2.99. The van der Waals surface area contributed by atoms with E-state index in [0.29, 0.717) is 5.69 Å². The molecule has 2 aromatic heterocycles. The minimum absolute atomic E-state index is 0.0449. The number of para-hydroxylation sites is 2. The first-order valence-electron chi connectivity index (χ1n) is 7.69. The maximum Gasteiger partial charge on any atom is 0.312 e. The minimum Gasteiger partial charge on any atom is -0.455 e. The van der Waals surface area contributed by atoms with Gasteiger partial charge in [0.2, 0.25) is 0 Å². The normalized spacial score (nSPS) is 10.4. The van der Waals surface area contributed by atoms with E-state index in [4.69, 9.17) is 4.74 Å². The van der Waals surface area contributed by atoms with Crippen molar-refractivity contribution in [2.24, 2.45) is 0 Å². The summed E-state index contributed by atoms with van der Waals surface area (Å²) in [6, 6.07) is 7.67. The number of nitro benzene ring substituents is 1. The Morgan fingerprint density at radius 1 is 1.22 bits per heavy atom. The van der Waals surface area contributed by atoms with Crippen molar-refractivity contribution in [3.63, 3.8) is 0 Å². The number of nitrogens with one attached hydrogen (secondary N) is 1. The standard InChI is InChI=1S/C17H13N3O5S2/c21-15(19-13-3-1-2-4-14(13)20(23)24)8-25-16(22)7-12-10-27-17(18-12)11-5-6-26-9-11/h1-6,9-10H,7-8H2,(H,19,21). The summed E-state index contributed by atoms with van der Waals surface area (Å²) in [5.74, 6) is -1.26. The van der Waals surface area contributed by atoms with Crippen LogP contribution in [-0.4, -0.2) is 28.4 Å². The first kappa shape index (κ1) is 18.7. The second kappa shape index (κ2) is 8.52. The Bertz CT molecular complexity index is 969. The van der Waals surface area contributed by atoms with Gasteiger partial charge in [-0.25, -0.2) is 4.98 Å². The number of nitro groups is 1. The lowest BCUT2D eigenvalue weighted by Crippen LogP contribution is -2.22. The maximum atomic E-state index is 11.9. The van der Waals surface area contributed by atoms with Crippen molar-refractivity contribution in [2.75, 3.05) is 11.9 Å². The maximum absolute atomic E-state index is 11.9. The molecule has 0 aliphatic heterocycles. The fourth-order valence-corrected chi connectivity index (χ4v) is 3.71. The van der Waals surface area contributed by atoms with Gasteiger partial charge in [0.05, 0.1) is 17.0 Å². The number of benzene rings is 1. The number of carbonyl (C=O) groups is 2. The van der Waals surface area contributed by atoms with Gasteiger partial charge in [0.15, 0.2) is 6.61 Å².